The van der Waals surface area contributed by atoms with Gasteiger partial charge in [0.05, 0.1) is 36.0 Å². The number of hydrogen-bond donors (Lipinski definition) is 0. The summed E-state index contributed by atoms with van der Waals surface area (Å²) in [5, 5.41) is 0.497. The molecule has 7 heteroatoms. The van der Waals surface area contributed by atoms with Crippen molar-refractivity contribution in [3.8, 4) is 11.4 Å². The summed E-state index contributed by atoms with van der Waals surface area (Å²) in [4.78, 5) is 33.6. The van der Waals surface area contributed by atoms with Crippen LogP contribution in [-0.2, 0) is 0 Å². The molecule has 0 spiro atoms. The van der Waals surface area contributed by atoms with E-state index >= 15 is 0 Å². The molecular weight excluding hydrogens is 418 g/mol. The molecule has 1 unspecified atom stereocenters. The summed E-state index contributed by atoms with van der Waals surface area (Å²) >= 11 is 0. The Morgan fingerprint density at radius 2 is 1.97 bits per heavy atom. The lowest BCUT2D eigenvalue weighted by Crippen LogP contribution is -2.38. The smallest absolute Gasteiger partial charge is 0.290 e. The highest BCUT2D eigenvalue weighted by Crippen LogP contribution is 2.29. The van der Waals surface area contributed by atoms with Gasteiger partial charge in [-0.2, -0.15) is 0 Å². The van der Waals surface area contributed by atoms with Crippen molar-refractivity contribution in [3.63, 3.8) is 0 Å². The number of rotatable bonds is 7. The Morgan fingerprint density at radius 1 is 1.18 bits per heavy atom. The zero-order chi connectivity index (χ0) is 23.5. The van der Waals surface area contributed by atoms with Crippen LogP contribution in [0.3, 0.4) is 0 Å². The number of nitrogens with zero attached hydrogens (tertiary/aromatic N) is 3. The summed E-state index contributed by atoms with van der Waals surface area (Å²) in [6, 6.07) is 15.7. The molecule has 2 aromatic heterocycles. The molecule has 0 aliphatic carbocycles. The van der Waals surface area contributed by atoms with Crippen LogP contribution < -0.4 is 10.3 Å². The van der Waals surface area contributed by atoms with Gasteiger partial charge in [-0.3, -0.25) is 14.2 Å². The Balaban J connectivity index is 1.98. The van der Waals surface area contributed by atoms with Gasteiger partial charge in [0, 0.05) is 6.54 Å². The van der Waals surface area contributed by atoms with Gasteiger partial charge in [-0.25, -0.2) is 4.98 Å². The number of fused-ring (bicyclic) bond motifs is 1. The predicted molar refractivity (Wildman–Crippen MR) is 127 cm³/mol. The average molecular weight is 446 g/mol. The zero-order valence-electron chi connectivity index (χ0n) is 19.2. The van der Waals surface area contributed by atoms with E-state index in [2.05, 4.69) is 0 Å². The van der Waals surface area contributed by atoms with Crippen LogP contribution in [-0.4, -0.2) is 34.0 Å². The van der Waals surface area contributed by atoms with Crippen molar-refractivity contribution in [2.75, 3.05) is 13.7 Å². The van der Waals surface area contributed by atoms with Crippen LogP contribution in [0.1, 0.15) is 48.3 Å². The third-order valence-corrected chi connectivity index (χ3v) is 5.68. The van der Waals surface area contributed by atoms with Crippen molar-refractivity contribution in [1.29, 1.82) is 0 Å². The first-order valence-corrected chi connectivity index (χ1v) is 11.0. The van der Waals surface area contributed by atoms with E-state index < -0.39 is 6.04 Å². The fourth-order valence-corrected chi connectivity index (χ4v) is 4.03. The van der Waals surface area contributed by atoms with Crippen LogP contribution in [0.25, 0.3) is 16.6 Å². The minimum atomic E-state index is -0.509. The van der Waals surface area contributed by atoms with Gasteiger partial charge in [0.15, 0.2) is 5.76 Å². The van der Waals surface area contributed by atoms with Gasteiger partial charge in [-0.05, 0) is 62.2 Å². The summed E-state index contributed by atoms with van der Waals surface area (Å²) in [6.45, 7) is 6.31. The SMILES string of the molecule is CCCN(C(=O)c1ccco1)C(C)c1nc2ccccc2c(=O)n1-c1cc(C)ccc1OC. The normalized spacial score (nSPS) is 12.0. The fourth-order valence-electron chi connectivity index (χ4n) is 4.03. The third kappa shape index (κ3) is 4.14. The molecule has 2 aromatic carbocycles. The number of aromatic nitrogens is 2. The van der Waals surface area contributed by atoms with Crippen molar-refractivity contribution >= 4 is 16.8 Å². The molecular formula is C26H27N3O4. The standard InChI is InChI=1S/C26H27N3O4/c1-5-14-28(26(31)23-11-8-15-33-23)18(3)24-27-20-10-7-6-9-19(20)25(30)29(24)21-16-17(2)12-13-22(21)32-4/h6-13,15-16,18H,5,14H2,1-4H3. The first-order valence-electron chi connectivity index (χ1n) is 11.0. The number of para-hydroxylation sites is 1. The van der Waals surface area contributed by atoms with Gasteiger partial charge < -0.3 is 14.1 Å². The number of furan rings is 1. The number of methoxy groups -OCH3 is 1. The molecule has 0 saturated heterocycles. The van der Waals surface area contributed by atoms with Crippen LogP contribution in [0, 0.1) is 6.92 Å². The van der Waals surface area contributed by atoms with Crippen molar-refractivity contribution in [1.82, 2.24) is 14.5 Å². The van der Waals surface area contributed by atoms with E-state index in [1.165, 1.54) is 6.26 Å². The lowest BCUT2D eigenvalue weighted by molar-refractivity contribution is 0.0648. The van der Waals surface area contributed by atoms with E-state index in [1.807, 2.05) is 57.2 Å². The molecule has 0 bridgehead atoms. The van der Waals surface area contributed by atoms with Gasteiger partial charge in [-0.15, -0.1) is 0 Å². The number of carbonyl (C=O) groups excluding carboxylic acids is 1. The van der Waals surface area contributed by atoms with Crippen molar-refractivity contribution in [3.05, 3.63) is 88.4 Å². The maximum Gasteiger partial charge on any atom is 0.290 e. The molecule has 0 radical (unpaired) electrons. The Labute approximate surface area is 192 Å². The number of benzene rings is 2. The van der Waals surface area contributed by atoms with Crippen LogP contribution in [0.4, 0.5) is 0 Å². The summed E-state index contributed by atoms with van der Waals surface area (Å²) in [7, 11) is 1.57. The van der Waals surface area contributed by atoms with E-state index in [9.17, 15) is 9.59 Å². The minimum absolute atomic E-state index is 0.215. The maximum atomic E-state index is 13.8. The van der Waals surface area contributed by atoms with Gasteiger partial charge in [0.1, 0.15) is 11.6 Å². The van der Waals surface area contributed by atoms with E-state index in [-0.39, 0.29) is 17.2 Å². The molecule has 0 fully saturated rings. The van der Waals surface area contributed by atoms with E-state index in [0.717, 1.165) is 12.0 Å². The highest BCUT2D eigenvalue weighted by atomic mass is 16.5. The second-order valence-electron chi connectivity index (χ2n) is 7.95. The molecule has 0 aliphatic rings. The number of ether oxygens (including phenoxy) is 1. The fraction of sp³-hybridized carbons (Fsp3) is 0.269. The Bertz CT molecular complexity index is 1340. The molecule has 4 rings (SSSR count). The van der Waals surface area contributed by atoms with Crippen LogP contribution in [0.5, 0.6) is 5.75 Å². The van der Waals surface area contributed by atoms with Crippen LogP contribution in [0.15, 0.2) is 70.1 Å². The molecule has 4 aromatic rings. The van der Waals surface area contributed by atoms with Crippen LogP contribution in [0.2, 0.25) is 0 Å². The van der Waals surface area contributed by atoms with Gasteiger partial charge in [-0.1, -0.05) is 25.1 Å². The van der Waals surface area contributed by atoms with Crippen molar-refractivity contribution in [2.45, 2.75) is 33.2 Å². The quantitative estimate of drug-likeness (QED) is 0.404. The monoisotopic (exact) mass is 445 g/mol. The first-order chi connectivity index (χ1) is 16.0. The molecule has 2 heterocycles. The second kappa shape index (κ2) is 9.32. The molecule has 1 amide bonds. The molecule has 1 atom stereocenters. The van der Waals surface area contributed by atoms with E-state index in [4.69, 9.17) is 14.1 Å². The Hall–Kier alpha value is -3.87. The number of aryl methyl sites for hydroxylation is 1. The number of amides is 1. The largest absolute Gasteiger partial charge is 0.495 e. The summed E-state index contributed by atoms with van der Waals surface area (Å²) in [5.74, 6) is 1.00. The van der Waals surface area contributed by atoms with E-state index in [1.54, 1.807) is 34.8 Å². The highest BCUT2D eigenvalue weighted by Gasteiger charge is 2.29. The predicted octanol–water partition coefficient (Wildman–Crippen LogP) is 4.91. The number of hydrogen-bond acceptors (Lipinski definition) is 5. The second-order valence-corrected chi connectivity index (χ2v) is 7.95. The lowest BCUT2D eigenvalue weighted by Gasteiger charge is -2.30. The summed E-state index contributed by atoms with van der Waals surface area (Å²) in [6.07, 6.45) is 2.21. The molecule has 7 nitrogen and oxygen atoms in total. The maximum absolute atomic E-state index is 13.8. The van der Waals surface area contributed by atoms with Crippen molar-refractivity contribution in [2.24, 2.45) is 0 Å². The minimum Gasteiger partial charge on any atom is -0.495 e. The number of carbonyl (C=O) groups is 1. The molecule has 0 aliphatic heterocycles. The lowest BCUT2D eigenvalue weighted by atomic mass is 10.1. The van der Waals surface area contributed by atoms with Gasteiger partial charge in [0.25, 0.3) is 11.5 Å². The summed E-state index contributed by atoms with van der Waals surface area (Å²) in [5.41, 5.74) is 1.92. The zero-order valence-corrected chi connectivity index (χ0v) is 19.2. The Kier molecular flexibility index (Phi) is 6.31. The Morgan fingerprint density at radius 3 is 2.67 bits per heavy atom. The van der Waals surface area contributed by atoms with Gasteiger partial charge >= 0.3 is 0 Å². The van der Waals surface area contributed by atoms with E-state index in [0.29, 0.717) is 34.7 Å². The highest BCUT2D eigenvalue weighted by molar-refractivity contribution is 5.91. The van der Waals surface area contributed by atoms with Gasteiger partial charge in [0.2, 0.25) is 0 Å². The third-order valence-electron chi connectivity index (χ3n) is 5.68. The molecule has 0 saturated carbocycles. The molecule has 170 valence electrons. The average Bonchev–Trinajstić information content (AvgIpc) is 3.37. The molecule has 33 heavy (non-hydrogen) atoms. The van der Waals surface area contributed by atoms with Crippen LogP contribution >= 0.6 is 0 Å². The first kappa shape index (κ1) is 22.3. The topological polar surface area (TPSA) is 77.6 Å². The molecule has 0 N–H and O–H groups in total. The van der Waals surface area contributed by atoms with Crippen molar-refractivity contribution < 1.29 is 13.9 Å². The summed E-state index contributed by atoms with van der Waals surface area (Å²) < 4.78 is 12.5.